The summed E-state index contributed by atoms with van der Waals surface area (Å²) in [7, 11) is 1.40. The molecule has 8 nitrogen and oxygen atoms in total. The van der Waals surface area contributed by atoms with E-state index in [0.29, 0.717) is 13.0 Å². The molecule has 1 aliphatic carbocycles. The van der Waals surface area contributed by atoms with Crippen molar-refractivity contribution in [1.29, 1.82) is 0 Å². The fourth-order valence-corrected chi connectivity index (χ4v) is 3.84. The molecule has 0 aromatic heterocycles. The van der Waals surface area contributed by atoms with Crippen LogP contribution in [0.2, 0.25) is 0 Å². The van der Waals surface area contributed by atoms with Crippen LogP contribution in [0.1, 0.15) is 36.3 Å². The number of methoxy groups -OCH3 is 1. The Labute approximate surface area is 186 Å². The SMILES string of the molecule is COC(CNC(=O)CCCNC(=O)OCC1c2ccccc2-c2ccccc21)CC(=O)O. The van der Waals surface area contributed by atoms with Crippen molar-refractivity contribution in [3.63, 3.8) is 0 Å². The van der Waals surface area contributed by atoms with Crippen LogP contribution < -0.4 is 10.6 Å². The molecule has 3 rings (SSSR count). The van der Waals surface area contributed by atoms with Crippen LogP contribution in [0, 0.1) is 0 Å². The summed E-state index contributed by atoms with van der Waals surface area (Å²) in [6, 6.07) is 16.3. The zero-order chi connectivity index (χ0) is 22.9. The van der Waals surface area contributed by atoms with Crippen LogP contribution in [0.3, 0.4) is 0 Å². The summed E-state index contributed by atoms with van der Waals surface area (Å²) in [5.41, 5.74) is 4.63. The van der Waals surface area contributed by atoms with Crippen LogP contribution >= 0.6 is 0 Å². The smallest absolute Gasteiger partial charge is 0.407 e. The zero-order valence-corrected chi connectivity index (χ0v) is 18.0. The number of nitrogens with one attached hydrogen (secondary N) is 2. The van der Waals surface area contributed by atoms with Crippen molar-refractivity contribution in [2.24, 2.45) is 0 Å². The molecule has 0 aliphatic heterocycles. The standard InChI is InChI=1S/C24H28N2O6/c1-31-16(13-23(28)29)14-26-22(27)11-6-12-25-24(30)32-15-21-19-9-4-2-7-17(19)18-8-3-5-10-20(18)21/h2-5,7-10,16,21H,6,11-15H2,1H3,(H,25,30)(H,26,27)(H,28,29). The minimum Gasteiger partial charge on any atom is -0.481 e. The molecule has 2 aromatic rings. The maximum atomic E-state index is 12.1. The number of carboxylic acids is 1. The Morgan fingerprint density at radius 1 is 1.00 bits per heavy atom. The number of hydrogen-bond donors (Lipinski definition) is 3. The average Bonchev–Trinajstić information content (AvgIpc) is 3.11. The molecule has 1 atom stereocenters. The van der Waals surface area contributed by atoms with E-state index in [0.717, 1.165) is 11.1 Å². The molecule has 0 spiro atoms. The Morgan fingerprint density at radius 2 is 1.62 bits per heavy atom. The molecule has 0 radical (unpaired) electrons. The summed E-state index contributed by atoms with van der Waals surface area (Å²) < 4.78 is 10.5. The molecular weight excluding hydrogens is 412 g/mol. The minimum atomic E-state index is -0.988. The molecule has 0 bridgehead atoms. The summed E-state index contributed by atoms with van der Waals surface area (Å²) >= 11 is 0. The molecule has 0 saturated carbocycles. The molecule has 1 aliphatic rings. The van der Waals surface area contributed by atoms with Crippen LogP contribution in [0.15, 0.2) is 48.5 Å². The van der Waals surface area contributed by atoms with Gasteiger partial charge in [-0.15, -0.1) is 0 Å². The molecule has 1 unspecified atom stereocenters. The van der Waals surface area contributed by atoms with Crippen molar-refractivity contribution in [1.82, 2.24) is 10.6 Å². The van der Waals surface area contributed by atoms with Gasteiger partial charge in [-0.2, -0.15) is 0 Å². The number of aliphatic carboxylic acids is 1. The highest BCUT2D eigenvalue weighted by Crippen LogP contribution is 2.44. The van der Waals surface area contributed by atoms with Crippen LogP contribution in [0.4, 0.5) is 4.79 Å². The Kier molecular flexibility index (Phi) is 8.21. The second kappa shape index (κ2) is 11.3. The number of fused-ring (bicyclic) bond motifs is 3. The van der Waals surface area contributed by atoms with Gasteiger partial charge in [0.2, 0.25) is 5.91 Å². The fourth-order valence-electron chi connectivity index (χ4n) is 3.84. The van der Waals surface area contributed by atoms with Gasteiger partial charge in [-0.05, 0) is 28.7 Å². The Bertz CT molecular complexity index is 916. The monoisotopic (exact) mass is 440 g/mol. The lowest BCUT2D eigenvalue weighted by Crippen LogP contribution is -2.35. The lowest BCUT2D eigenvalue weighted by molar-refractivity contribution is -0.140. The largest absolute Gasteiger partial charge is 0.481 e. The fraction of sp³-hybridized carbons (Fsp3) is 0.375. The highest BCUT2D eigenvalue weighted by molar-refractivity contribution is 5.79. The second-order valence-electron chi connectivity index (χ2n) is 7.62. The normalized spacial score (nSPS) is 13.0. The lowest BCUT2D eigenvalue weighted by Gasteiger charge is -2.15. The van der Waals surface area contributed by atoms with E-state index in [4.69, 9.17) is 14.6 Å². The number of carbonyl (C=O) groups excluding carboxylic acids is 2. The van der Waals surface area contributed by atoms with Gasteiger partial charge in [0.1, 0.15) is 6.61 Å². The lowest BCUT2D eigenvalue weighted by atomic mass is 9.98. The predicted molar refractivity (Wildman–Crippen MR) is 118 cm³/mol. The van der Waals surface area contributed by atoms with Crippen molar-refractivity contribution in [3.05, 3.63) is 59.7 Å². The van der Waals surface area contributed by atoms with E-state index < -0.39 is 18.2 Å². The molecule has 2 aromatic carbocycles. The number of rotatable bonds is 11. The molecular formula is C24H28N2O6. The first-order valence-electron chi connectivity index (χ1n) is 10.6. The maximum Gasteiger partial charge on any atom is 0.407 e. The first kappa shape index (κ1) is 23.3. The second-order valence-corrected chi connectivity index (χ2v) is 7.62. The van der Waals surface area contributed by atoms with Crippen molar-refractivity contribution in [2.75, 3.05) is 26.8 Å². The number of carbonyl (C=O) groups is 3. The molecule has 0 heterocycles. The van der Waals surface area contributed by atoms with Gasteiger partial charge < -0.3 is 25.2 Å². The number of carboxylic acid groups (broad SMARTS) is 1. The topological polar surface area (TPSA) is 114 Å². The van der Waals surface area contributed by atoms with Gasteiger partial charge >= 0.3 is 12.1 Å². The number of hydrogen-bond acceptors (Lipinski definition) is 5. The van der Waals surface area contributed by atoms with E-state index in [-0.39, 0.29) is 37.8 Å². The number of amides is 2. The first-order valence-corrected chi connectivity index (χ1v) is 10.6. The molecule has 8 heteroatoms. The predicted octanol–water partition coefficient (Wildman–Crippen LogP) is 2.91. The van der Waals surface area contributed by atoms with Crippen LogP contribution in [-0.2, 0) is 19.1 Å². The van der Waals surface area contributed by atoms with E-state index in [1.807, 2.05) is 24.3 Å². The van der Waals surface area contributed by atoms with Gasteiger partial charge in [0, 0.05) is 32.5 Å². The Morgan fingerprint density at radius 3 is 2.22 bits per heavy atom. The minimum absolute atomic E-state index is 0.00143. The molecule has 3 N–H and O–H groups in total. The van der Waals surface area contributed by atoms with Gasteiger partial charge in [0.25, 0.3) is 0 Å². The summed E-state index contributed by atoms with van der Waals surface area (Å²) in [5, 5.41) is 14.1. The Hall–Kier alpha value is -3.39. The van der Waals surface area contributed by atoms with Crippen LogP contribution in [0.25, 0.3) is 11.1 Å². The summed E-state index contributed by atoms with van der Waals surface area (Å²) in [5.74, 6) is -1.22. The van der Waals surface area contributed by atoms with Crippen LogP contribution in [0.5, 0.6) is 0 Å². The number of alkyl carbamates (subject to hydrolysis) is 1. The van der Waals surface area contributed by atoms with Crippen molar-refractivity contribution in [2.45, 2.75) is 31.3 Å². The number of ether oxygens (including phenoxy) is 2. The van der Waals surface area contributed by atoms with E-state index in [1.54, 1.807) is 0 Å². The van der Waals surface area contributed by atoms with E-state index in [1.165, 1.54) is 18.2 Å². The molecule has 32 heavy (non-hydrogen) atoms. The van der Waals surface area contributed by atoms with E-state index in [2.05, 4.69) is 34.9 Å². The number of benzene rings is 2. The molecule has 0 fully saturated rings. The molecule has 170 valence electrons. The maximum absolute atomic E-state index is 12.1. The van der Waals surface area contributed by atoms with Crippen molar-refractivity contribution in [3.8, 4) is 11.1 Å². The van der Waals surface area contributed by atoms with Gasteiger partial charge in [-0.3, -0.25) is 9.59 Å². The Balaban J connectivity index is 1.37. The third-order valence-corrected chi connectivity index (χ3v) is 5.46. The molecule has 2 amide bonds. The highest BCUT2D eigenvalue weighted by atomic mass is 16.5. The highest BCUT2D eigenvalue weighted by Gasteiger charge is 2.28. The quantitative estimate of drug-likeness (QED) is 0.463. The van der Waals surface area contributed by atoms with Gasteiger partial charge in [0.05, 0.1) is 12.5 Å². The summed E-state index contributed by atoms with van der Waals surface area (Å²) in [6.45, 7) is 0.663. The third kappa shape index (κ3) is 6.07. The van der Waals surface area contributed by atoms with E-state index >= 15 is 0 Å². The summed E-state index contributed by atoms with van der Waals surface area (Å²) in [4.78, 5) is 34.7. The zero-order valence-electron chi connectivity index (χ0n) is 18.0. The van der Waals surface area contributed by atoms with Crippen molar-refractivity contribution >= 4 is 18.0 Å². The van der Waals surface area contributed by atoms with Crippen LogP contribution in [-0.4, -0.2) is 56.0 Å². The van der Waals surface area contributed by atoms with Gasteiger partial charge in [0.15, 0.2) is 0 Å². The van der Waals surface area contributed by atoms with Gasteiger partial charge in [-0.1, -0.05) is 48.5 Å². The van der Waals surface area contributed by atoms with Crippen molar-refractivity contribution < 1.29 is 29.0 Å². The average molecular weight is 440 g/mol. The first-order chi connectivity index (χ1) is 15.5. The third-order valence-electron chi connectivity index (χ3n) is 5.46. The van der Waals surface area contributed by atoms with Gasteiger partial charge in [-0.25, -0.2) is 4.79 Å². The summed E-state index contributed by atoms with van der Waals surface area (Å²) in [6.07, 6.45) is -0.636. The van der Waals surface area contributed by atoms with E-state index in [9.17, 15) is 14.4 Å². The molecule has 0 saturated heterocycles.